The zero-order valence-corrected chi connectivity index (χ0v) is 26.4. The van der Waals surface area contributed by atoms with E-state index < -0.39 is 0 Å². The number of pyridine rings is 2. The molecule has 46 heavy (non-hydrogen) atoms. The summed E-state index contributed by atoms with van der Waals surface area (Å²) in [5, 5.41) is 8.14. The highest BCUT2D eigenvalue weighted by atomic mass is 33.1. The van der Waals surface area contributed by atoms with Crippen molar-refractivity contribution in [3.8, 4) is 11.4 Å². The quantitative estimate of drug-likeness (QED) is 0.136. The Morgan fingerprint density at radius 3 is 1.24 bits per heavy atom. The number of nitrogens with zero attached hydrogens (tertiary/aromatic N) is 2. The standard InChI is InChI=1S/C36H30N4O4S2/c41-33(31-23-39(25-11-3-1-4-12-25)35(43)29-17-9-7-15-27(29)31)37-19-21-45-46-22-20-38-34(42)32-24-40(26-13-5-2-6-14-26)36(44)30-18-10-8-16-28(30)32/h1-18,23-24H,19-22H2,(H,37,41)(H,38,42). The summed E-state index contributed by atoms with van der Waals surface area (Å²) in [6, 6.07) is 32.8. The van der Waals surface area contributed by atoms with E-state index in [0.29, 0.717) is 68.6 Å². The Hall–Kier alpha value is -5.06. The first-order valence-electron chi connectivity index (χ1n) is 14.7. The topological polar surface area (TPSA) is 102 Å². The first-order valence-corrected chi connectivity index (χ1v) is 17.2. The van der Waals surface area contributed by atoms with Gasteiger partial charge in [0.05, 0.1) is 11.1 Å². The number of amides is 2. The molecule has 0 atom stereocenters. The van der Waals surface area contributed by atoms with Gasteiger partial charge in [0.15, 0.2) is 0 Å². The summed E-state index contributed by atoms with van der Waals surface area (Å²) in [6.07, 6.45) is 3.21. The van der Waals surface area contributed by atoms with E-state index in [1.54, 1.807) is 70.4 Å². The lowest BCUT2D eigenvalue weighted by Gasteiger charge is -2.13. The number of benzene rings is 4. The smallest absolute Gasteiger partial charge is 0.262 e. The van der Waals surface area contributed by atoms with Crippen LogP contribution in [-0.4, -0.2) is 45.5 Å². The second-order valence-corrected chi connectivity index (χ2v) is 13.1. The van der Waals surface area contributed by atoms with Gasteiger partial charge in [0.25, 0.3) is 22.9 Å². The number of nitrogens with one attached hydrogen (secondary N) is 2. The molecule has 2 heterocycles. The van der Waals surface area contributed by atoms with Crippen LogP contribution in [0.3, 0.4) is 0 Å². The minimum Gasteiger partial charge on any atom is -0.351 e. The fourth-order valence-corrected chi connectivity index (χ4v) is 7.04. The van der Waals surface area contributed by atoms with Crippen molar-refractivity contribution >= 4 is 54.9 Å². The van der Waals surface area contributed by atoms with Crippen LogP contribution >= 0.6 is 21.6 Å². The predicted molar refractivity (Wildman–Crippen MR) is 189 cm³/mol. The van der Waals surface area contributed by atoms with Crippen LogP contribution < -0.4 is 21.8 Å². The number of carbonyl (C=O) groups is 2. The lowest BCUT2D eigenvalue weighted by Crippen LogP contribution is -2.29. The normalized spacial score (nSPS) is 11.0. The lowest BCUT2D eigenvalue weighted by atomic mass is 10.1. The van der Waals surface area contributed by atoms with E-state index in [1.165, 1.54) is 9.13 Å². The summed E-state index contributed by atoms with van der Waals surface area (Å²) in [7, 11) is 3.20. The summed E-state index contributed by atoms with van der Waals surface area (Å²) < 4.78 is 3.02. The van der Waals surface area contributed by atoms with Crippen LogP contribution in [0.4, 0.5) is 0 Å². The van der Waals surface area contributed by atoms with Crippen molar-refractivity contribution in [2.75, 3.05) is 24.6 Å². The number of para-hydroxylation sites is 2. The molecule has 2 aromatic heterocycles. The third-order valence-electron chi connectivity index (χ3n) is 7.43. The minimum absolute atomic E-state index is 0.177. The lowest BCUT2D eigenvalue weighted by molar-refractivity contribution is 0.0949. The predicted octanol–water partition coefficient (Wildman–Crippen LogP) is 5.84. The maximum atomic E-state index is 13.2. The number of hydrogen-bond donors (Lipinski definition) is 2. The Labute approximate surface area is 272 Å². The average molecular weight is 647 g/mol. The van der Waals surface area contributed by atoms with E-state index in [9.17, 15) is 19.2 Å². The number of aromatic nitrogens is 2. The molecule has 2 amide bonds. The summed E-state index contributed by atoms with van der Waals surface area (Å²) in [5.74, 6) is 0.825. The van der Waals surface area contributed by atoms with Crippen LogP contribution in [0.25, 0.3) is 32.9 Å². The second kappa shape index (κ2) is 14.4. The van der Waals surface area contributed by atoms with Gasteiger partial charge in [-0.05, 0) is 36.4 Å². The zero-order chi connectivity index (χ0) is 31.9. The molecule has 4 aromatic carbocycles. The molecule has 0 spiro atoms. The molecule has 6 rings (SSSR count). The molecule has 0 unspecified atom stereocenters. The number of hydrogen-bond acceptors (Lipinski definition) is 6. The monoisotopic (exact) mass is 646 g/mol. The van der Waals surface area contributed by atoms with Gasteiger partial charge in [0.2, 0.25) is 0 Å². The summed E-state index contributed by atoms with van der Waals surface area (Å²) in [4.78, 5) is 52.7. The van der Waals surface area contributed by atoms with Crippen molar-refractivity contribution in [2.45, 2.75) is 0 Å². The van der Waals surface area contributed by atoms with Crippen LogP contribution in [-0.2, 0) is 0 Å². The van der Waals surface area contributed by atoms with E-state index >= 15 is 0 Å². The highest BCUT2D eigenvalue weighted by Crippen LogP contribution is 2.21. The molecule has 0 saturated carbocycles. The van der Waals surface area contributed by atoms with Crippen LogP contribution in [0.15, 0.2) is 131 Å². The highest BCUT2D eigenvalue weighted by molar-refractivity contribution is 8.76. The second-order valence-electron chi connectivity index (χ2n) is 10.4. The fraction of sp³-hybridized carbons (Fsp3) is 0.111. The molecular weight excluding hydrogens is 617 g/mol. The first-order chi connectivity index (χ1) is 22.5. The first kappa shape index (κ1) is 30.9. The van der Waals surface area contributed by atoms with E-state index in [-0.39, 0.29) is 22.9 Å². The largest absolute Gasteiger partial charge is 0.351 e. The van der Waals surface area contributed by atoms with Gasteiger partial charge in [-0.3, -0.25) is 28.3 Å². The van der Waals surface area contributed by atoms with Gasteiger partial charge in [-0.2, -0.15) is 0 Å². The summed E-state index contributed by atoms with van der Waals surface area (Å²) in [6.45, 7) is 0.878. The summed E-state index contributed by atoms with van der Waals surface area (Å²) in [5.41, 5.74) is 1.90. The van der Waals surface area contributed by atoms with Crippen molar-refractivity contribution in [1.82, 2.24) is 19.8 Å². The molecule has 6 aromatic rings. The van der Waals surface area contributed by atoms with E-state index in [4.69, 9.17) is 0 Å². The SMILES string of the molecule is O=C(NCCSSCCNC(=O)c1cn(-c2ccccc2)c(=O)c2ccccc12)c1cn(-c2ccccc2)c(=O)c2ccccc12. The highest BCUT2D eigenvalue weighted by Gasteiger charge is 2.17. The minimum atomic E-state index is -0.247. The van der Waals surface area contributed by atoms with Gasteiger partial charge in [0, 0.05) is 69.9 Å². The molecule has 0 aliphatic heterocycles. The van der Waals surface area contributed by atoms with Gasteiger partial charge >= 0.3 is 0 Å². The molecule has 0 aliphatic rings. The molecule has 10 heteroatoms. The maximum absolute atomic E-state index is 13.2. The molecule has 0 saturated heterocycles. The third-order valence-corrected chi connectivity index (χ3v) is 9.84. The fourth-order valence-electron chi connectivity index (χ4n) is 5.23. The Morgan fingerprint density at radius 2 is 0.848 bits per heavy atom. The van der Waals surface area contributed by atoms with Crippen molar-refractivity contribution in [3.05, 3.63) is 153 Å². The number of fused-ring (bicyclic) bond motifs is 2. The summed E-state index contributed by atoms with van der Waals surface area (Å²) >= 11 is 0. The van der Waals surface area contributed by atoms with E-state index in [2.05, 4.69) is 10.6 Å². The van der Waals surface area contributed by atoms with Gasteiger partial charge < -0.3 is 10.6 Å². The van der Waals surface area contributed by atoms with E-state index in [1.807, 2.05) is 72.8 Å². The molecule has 0 fully saturated rings. The molecule has 0 bridgehead atoms. The molecular formula is C36H30N4O4S2. The van der Waals surface area contributed by atoms with Crippen LogP contribution in [0, 0.1) is 0 Å². The molecule has 0 radical (unpaired) electrons. The number of rotatable bonds is 11. The van der Waals surface area contributed by atoms with Crippen LogP contribution in [0.2, 0.25) is 0 Å². The molecule has 8 nitrogen and oxygen atoms in total. The Balaban J connectivity index is 1.02. The van der Waals surface area contributed by atoms with Gasteiger partial charge in [0.1, 0.15) is 0 Å². The van der Waals surface area contributed by atoms with Gasteiger partial charge in [-0.15, -0.1) is 0 Å². The van der Waals surface area contributed by atoms with E-state index in [0.717, 1.165) is 0 Å². The van der Waals surface area contributed by atoms with Crippen LogP contribution in [0.1, 0.15) is 20.7 Å². The third kappa shape index (κ3) is 6.63. The maximum Gasteiger partial charge on any atom is 0.262 e. The van der Waals surface area contributed by atoms with Crippen molar-refractivity contribution < 1.29 is 9.59 Å². The van der Waals surface area contributed by atoms with Crippen LogP contribution in [0.5, 0.6) is 0 Å². The Morgan fingerprint density at radius 1 is 0.500 bits per heavy atom. The average Bonchev–Trinajstić information content (AvgIpc) is 3.10. The molecule has 0 aliphatic carbocycles. The van der Waals surface area contributed by atoms with Crippen molar-refractivity contribution in [3.63, 3.8) is 0 Å². The van der Waals surface area contributed by atoms with Gasteiger partial charge in [-0.25, -0.2) is 0 Å². The zero-order valence-electron chi connectivity index (χ0n) is 24.7. The van der Waals surface area contributed by atoms with Crippen molar-refractivity contribution in [2.24, 2.45) is 0 Å². The Bertz CT molecular complexity index is 1990. The molecule has 2 N–H and O–H groups in total. The molecule has 230 valence electrons. The number of carbonyl (C=O) groups excluding carboxylic acids is 2. The van der Waals surface area contributed by atoms with Crippen molar-refractivity contribution in [1.29, 1.82) is 0 Å². The van der Waals surface area contributed by atoms with Gasteiger partial charge in [-0.1, -0.05) is 94.4 Å². The Kier molecular flexibility index (Phi) is 9.66.